The second-order valence-corrected chi connectivity index (χ2v) is 10.4. The molecule has 1 unspecified atom stereocenters. The van der Waals surface area contributed by atoms with E-state index in [1.165, 1.54) is 6.33 Å². The number of sulfone groups is 1. The Hall–Kier alpha value is -2.28. The first-order valence-electron chi connectivity index (χ1n) is 9.84. The van der Waals surface area contributed by atoms with Gasteiger partial charge in [0, 0.05) is 24.0 Å². The number of nitrogens with zero attached hydrogens (tertiary/aromatic N) is 3. The number of hydrogen-bond acceptors (Lipinski definition) is 9. The summed E-state index contributed by atoms with van der Waals surface area (Å²) in [4.78, 5) is 8.40. The van der Waals surface area contributed by atoms with Crippen molar-refractivity contribution in [3.63, 3.8) is 0 Å². The van der Waals surface area contributed by atoms with Crippen molar-refractivity contribution in [1.29, 1.82) is 0 Å². The van der Waals surface area contributed by atoms with Crippen LogP contribution in [0.3, 0.4) is 0 Å². The number of aliphatic hydroxyl groups is 3. The lowest BCUT2D eigenvalue weighted by atomic mass is 9.99. The molecule has 1 saturated heterocycles. The molecule has 0 saturated carbocycles. The smallest absolute Gasteiger partial charge is 0.164 e. The van der Waals surface area contributed by atoms with Crippen LogP contribution in [0.4, 0.5) is 5.82 Å². The van der Waals surface area contributed by atoms with Crippen LogP contribution in [0.15, 0.2) is 42.9 Å². The minimum atomic E-state index is -3.13. The molecule has 0 amide bonds. The molecule has 4 N–H and O–H groups in total. The normalized spacial score (nSPS) is 24.7. The van der Waals surface area contributed by atoms with E-state index in [1.54, 1.807) is 41.1 Å². The highest BCUT2D eigenvalue weighted by atomic mass is 35.5. The molecule has 0 aliphatic carbocycles. The Balaban J connectivity index is 1.57. The molecule has 1 aliphatic heterocycles. The lowest BCUT2D eigenvalue weighted by Crippen LogP contribution is -2.34. The Bertz CT molecular complexity index is 1200. The third-order valence-corrected chi connectivity index (χ3v) is 6.54. The summed E-state index contributed by atoms with van der Waals surface area (Å²) in [5.41, 5.74) is 0.906. The standard InChI is InChI=1S/C20H23ClN4O6S/c1-32(29,30)9-7-22-18-13-6-8-25(19(13)24-10-23-18)20-16(28)15(27)17(31-20)14(26)11-2-4-12(21)5-3-11/h2-6,8,10,14-17,20,26-28H,7,9H2,1H3,(H,22,23,24)/t14?,15-,16+,17+,20+/m0/s1. The van der Waals surface area contributed by atoms with Crippen LogP contribution >= 0.6 is 11.6 Å². The SMILES string of the molecule is CS(=O)(=O)CCNc1ncnc2c1ccn2[C@@H]1O[C@H](C(O)c2ccc(Cl)cc2)[C@@H](O)[C@H]1O. The van der Waals surface area contributed by atoms with Gasteiger partial charge in [0.15, 0.2) is 6.23 Å². The van der Waals surface area contributed by atoms with Crippen LogP contribution in [0.5, 0.6) is 0 Å². The molecule has 1 aromatic carbocycles. The summed E-state index contributed by atoms with van der Waals surface area (Å²) in [6, 6.07) is 8.17. The summed E-state index contributed by atoms with van der Waals surface area (Å²) < 4.78 is 30.1. The third-order valence-electron chi connectivity index (χ3n) is 5.35. The van der Waals surface area contributed by atoms with Crippen molar-refractivity contribution in [3.8, 4) is 0 Å². The van der Waals surface area contributed by atoms with Crippen molar-refractivity contribution in [2.75, 3.05) is 23.9 Å². The van der Waals surface area contributed by atoms with Gasteiger partial charge < -0.3 is 29.9 Å². The molecule has 12 heteroatoms. The van der Waals surface area contributed by atoms with Crippen LogP contribution in [0.2, 0.25) is 5.02 Å². The van der Waals surface area contributed by atoms with Crippen molar-refractivity contribution < 1.29 is 28.5 Å². The third kappa shape index (κ3) is 4.58. The number of anilines is 1. The molecule has 1 aliphatic rings. The first kappa shape index (κ1) is 22.9. The highest BCUT2D eigenvalue weighted by molar-refractivity contribution is 7.90. The van der Waals surface area contributed by atoms with Gasteiger partial charge in [0.05, 0.1) is 11.1 Å². The van der Waals surface area contributed by atoms with Crippen LogP contribution < -0.4 is 5.32 Å². The number of aromatic nitrogens is 3. The zero-order chi connectivity index (χ0) is 23.0. The maximum Gasteiger partial charge on any atom is 0.164 e. The second-order valence-electron chi connectivity index (χ2n) is 7.71. The van der Waals surface area contributed by atoms with Gasteiger partial charge >= 0.3 is 0 Å². The van der Waals surface area contributed by atoms with E-state index in [-0.39, 0.29) is 12.3 Å². The number of fused-ring (bicyclic) bond motifs is 1. The average Bonchev–Trinajstić information content (AvgIpc) is 3.29. The monoisotopic (exact) mass is 482 g/mol. The Morgan fingerprint density at radius 3 is 2.59 bits per heavy atom. The molecule has 172 valence electrons. The highest BCUT2D eigenvalue weighted by Gasteiger charge is 2.47. The summed E-state index contributed by atoms with van der Waals surface area (Å²) in [6.45, 7) is 0.173. The van der Waals surface area contributed by atoms with Crippen molar-refractivity contribution >= 4 is 38.3 Å². The van der Waals surface area contributed by atoms with Crippen molar-refractivity contribution in [1.82, 2.24) is 14.5 Å². The molecule has 0 radical (unpaired) electrons. The second kappa shape index (κ2) is 8.93. The first-order valence-corrected chi connectivity index (χ1v) is 12.3. The number of hydrogen-bond donors (Lipinski definition) is 4. The molecule has 32 heavy (non-hydrogen) atoms. The van der Waals surface area contributed by atoms with Crippen molar-refractivity contribution in [2.45, 2.75) is 30.6 Å². The molecule has 2 aromatic heterocycles. The lowest BCUT2D eigenvalue weighted by Gasteiger charge is -2.21. The van der Waals surface area contributed by atoms with Gasteiger partial charge in [-0.1, -0.05) is 23.7 Å². The van der Waals surface area contributed by atoms with Crippen LogP contribution in [0.25, 0.3) is 11.0 Å². The number of aliphatic hydroxyl groups excluding tert-OH is 3. The highest BCUT2D eigenvalue weighted by Crippen LogP contribution is 2.38. The Labute approximate surface area is 189 Å². The molecule has 0 spiro atoms. The number of benzene rings is 1. The van der Waals surface area contributed by atoms with Crippen LogP contribution in [0.1, 0.15) is 17.9 Å². The molecular weight excluding hydrogens is 460 g/mol. The number of nitrogens with one attached hydrogen (secondary N) is 1. The van der Waals surface area contributed by atoms with Crippen molar-refractivity contribution in [3.05, 3.63) is 53.4 Å². The fourth-order valence-corrected chi connectivity index (χ4v) is 4.30. The van der Waals surface area contributed by atoms with Crippen LogP contribution in [-0.2, 0) is 14.6 Å². The molecule has 10 nitrogen and oxygen atoms in total. The molecule has 4 rings (SSSR count). The summed E-state index contributed by atoms with van der Waals surface area (Å²) in [7, 11) is -3.13. The number of halogens is 1. The van der Waals surface area contributed by atoms with E-state index in [1.807, 2.05) is 0 Å². The Kier molecular flexibility index (Phi) is 6.39. The Morgan fingerprint density at radius 1 is 1.19 bits per heavy atom. The van der Waals surface area contributed by atoms with E-state index in [0.29, 0.717) is 27.4 Å². The molecule has 0 bridgehead atoms. The van der Waals surface area contributed by atoms with E-state index in [0.717, 1.165) is 6.26 Å². The van der Waals surface area contributed by atoms with E-state index in [2.05, 4.69) is 15.3 Å². The van der Waals surface area contributed by atoms with E-state index in [9.17, 15) is 23.7 Å². The van der Waals surface area contributed by atoms with Gasteiger partial charge in [0.2, 0.25) is 0 Å². The number of rotatable bonds is 7. The largest absolute Gasteiger partial charge is 0.387 e. The van der Waals surface area contributed by atoms with Gasteiger partial charge in [0.1, 0.15) is 52.0 Å². The topological polar surface area (TPSA) is 147 Å². The van der Waals surface area contributed by atoms with Gasteiger partial charge in [-0.3, -0.25) is 0 Å². The van der Waals surface area contributed by atoms with Gasteiger partial charge in [-0.25, -0.2) is 18.4 Å². The Morgan fingerprint density at radius 2 is 1.91 bits per heavy atom. The van der Waals surface area contributed by atoms with Gasteiger partial charge in [-0.15, -0.1) is 0 Å². The predicted molar refractivity (Wildman–Crippen MR) is 118 cm³/mol. The minimum Gasteiger partial charge on any atom is -0.387 e. The summed E-state index contributed by atoms with van der Waals surface area (Å²) in [5.74, 6) is 0.378. The van der Waals surface area contributed by atoms with Crippen LogP contribution in [-0.4, -0.2) is 75.1 Å². The zero-order valence-electron chi connectivity index (χ0n) is 17.0. The fraction of sp³-hybridized carbons (Fsp3) is 0.400. The first-order chi connectivity index (χ1) is 15.2. The minimum absolute atomic E-state index is 0.0554. The lowest BCUT2D eigenvalue weighted by molar-refractivity contribution is -0.0848. The zero-order valence-corrected chi connectivity index (χ0v) is 18.6. The molecule has 1 fully saturated rings. The fourth-order valence-electron chi connectivity index (χ4n) is 3.70. The van der Waals surface area contributed by atoms with Crippen molar-refractivity contribution in [2.24, 2.45) is 0 Å². The van der Waals surface area contributed by atoms with Gasteiger partial charge in [-0.05, 0) is 23.8 Å². The number of ether oxygens (including phenoxy) is 1. The quantitative estimate of drug-likeness (QED) is 0.385. The van der Waals surface area contributed by atoms with E-state index in [4.69, 9.17) is 16.3 Å². The molecule has 3 heterocycles. The maximum atomic E-state index is 11.4. The molecular formula is C20H23ClN4O6S. The van der Waals surface area contributed by atoms with E-state index >= 15 is 0 Å². The van der Waals surface area contributed by atoms with E-state index < -0.39 is 40.5 Å². The molecule has 5 atom stereocenters. The maximum absolute atomic E-state index is 11.4. The molecule has 3 aromatic rings. The van der Waals surface area contributed by atoms with Crippen LogP contribution in [0, 0.1) is 0 Å². The average molecular weight is 483 g/mol. The predicted octanol–water partition coefficient (Wildman–Crippen LogP) is 0.894. The summed E-state index contributed by atoms with van der Waals surface area (Å²) >= 11 is 5.89. The summed E-state index contributed by atoms with van der Waals surface area (Å²) in [6.07, 6.45) is -1.87. The van der Waals surface area contributed by atoms with Gasteiger partial charge in [0.25, 0.3) is 0 Å². The summed E-state index contributed by atoms with van der Waals surface area (Å²) in [5, 5.41) is 36.0. The van der Waals surface area contributed by atoms with Gasteiger partial charge in [-0.2, -0.15) is 0 Å².